The van der Waals surface area contributed by atoms with Gasteiger partial charge in [-0.3, -0.25) is 0 Å². The maximum Gasteiger partial charge on any atom is 0.143 e. The van der Waals surface area contributed by atoms with E-state index in [1.807, 2.05) is 41.7 Å². The van der Waals surface area contributed by atoms with E-state index in [0.29, 0.717) is 0 Å². The third kappa shape index (κ3) is 3.70. The summed E-state index contributed by atoms with van der Waals surface area (Å²) >= 11 is 1.84. The Morgan fingerprint density at radius 3 is 2.72 bits per heavy atom. The molecule has 0 radical (unpaired) electrons. The fourth-order valence-electron chi connectivity index (χ4n) is 3.99. The minimum atomic E-state index is 0.728. The number of benzene rings is 2. The number of methoxy groups -OCH3 is 1. The highest BCUT2D eigenvalue weighted by atomic mass is 32.1. The molecule has 2 aromatic carbocycles. The van der Waals surface area contributed by atoms with E-state index in [9.17, 15) is 0 Å². The van der Waals surface area contributed by atoms with Crippen molar-refractivity contribution in [2.45, 2.75) is 32.1 Å². The van der Waals surface area contributed by atoms with Crippen LogP contribution in [0.1, 0.15) is 34.7 Å². The first kappa shape index (κ1) is 18.1. The van der Waals surface area contributed by atoms with Crippen molar-refractivity contribution in [3.63, 3.8) is 0 Å². The minimum absolute atomic E-state index is 0.728. The molecule has 1 aliphatic carbocycles. The number of ether oxygens (including phenoxy) is 1. The molecule has 0 atom stereocenters. The Kier molecular flexibility index (Phi) is 4.90. The molecule has 1 aliphatic rings. The summed E-state index contributed by atoms with van der Waals surface area (Å²) in [6, 6.07) is 18.4. The number of nitrogens with one attached hydrogen (secondary N) is 1. The predicted octanol–water partition coefficient (Wildman–Crippen LogP) is 5.91. The van der Waals surface area contributed by atoms with Crippen LogP contribution >= 0.6 is 11.3 Å². The molecule has 0 saturated carbocycles. The summed E-state index contributed by atoms with van der Waals surface area (Å²) in [5.74, 6) is 2.60. The van der Waals surface area contributed by atoms with Crippen molar-refractivity contribution in [2.75, 3.05) is 12.4 Å². The van der Waals surface area contributed by atoms with E-state index in [-0.39, 0.29) is 0 Å². The quantitative estimate of drug-likeness (QED) is 0.451. The zero-order valence-corrected chi connectivity index (χ0v) is 17.3. The molecule has 0 saturated heterocycles. The molecule has 0 fully saturated rings. The van der Waals surface area contributed by atoms with Crippen LogP contribution in [0, 0.1) is 0 Å². The van der Waals surface area contributed by atoms with Crippen LogP contribution in [-0.4, -0.2) is 17.1 Å². The largest absolute Gasteiger partial charge is 0.497 e. The van der Waals surface area contributed by atoms with E-state index in [0.717, 1.165) is 47.2 Å². The molecule has 5 heteroatoms. The monoisotopic (exact) mass is 401 g/mol. The van der Waals surface area contributed by atoms with Gasteiger partial charge in [0.05, 0.1) is 12.5 Å². The Hall–Kier alpha value is -2.92. The van der Waals surface area contributed by atoms with E-state index in [4.69, 9.17) is 14.7 Å². The fraction of sp³-hybridized carbons (Fsp3) is 0.250. The summed E-state index contributed by atoms with van der Waals surface area (Å²) < 4.78 is 5.39. The Bertz CT molecular complexity index is 1150. The van der Waals surface area contributed by atoms with Gasteiger partial charge in [-0.25, -0.2) is 9.97 Å². The summed E-state index contributed by atoms with van der Waals surface area (Å²) in [4.78, 5) is 12.5. The first-order chi connectivity index (χ1) is 14.3. The molecule has 0 unspecified atom stereocenters. The van der Waals surface area contributed by atoms with Crippen LogP contribution in [0.25, 0.3) is 10.2 Å². The van der Waals surface area contributed by atoms with Gasteiger partial charge < -0.3 is 10.1 Å². The van der Waals surface area contributed by atoms with Gasteiger partial charge in [0.25, 0.3) is 0 Å². The molecule has 0 bridgehead atoms. The zero-order valence-electron chi connectivity index (χ0n) is 16.4. The van der Waals surface area contributed by atoms with E-state index in [2.05, 4.69) is 29.6 Å². The zero-order chi connectivity index (χ0) is 19.6. The lowest BCUT2D eigenvalue weighted by Crippen LogP contribution is -2.04. The molecule has 1 N–H and O–H groups in total. The maximum absolute atomic E-state index is 5.39. The standard InChI is InChI=1S/C24H23N3OS/c1-28-18-11-7-10-17(15-18)25-23-22-19-12-5-6-13-20(19)29-24(22)27-21(26-23)14-16-8-3-2-4-9-16/h2-4,7-11,15H,5-6,12-14H2,1H3,(H,25,26,27). The highest BCUT2D eigenvalue weighted by molar-refractivity contribution is 7.19. The average molecular weight is 402 g/mol. The highest BCUT2D eigenvalue weighted by Gasteiger charge is 2.21. The van der Waals surface area contributed by atoms with Crippen LogP contribution in [0.3, 0.4) is 0 Å². The molecule has 4 aromatic rings. The first-order valence-electron chi connectivity index (χ1n) is 10.1. The number of fused-ring (bicyclic) bond motifs is 3. The van der Waals surface area contributed by atoms with E-state index < -0.39 is 0 Å². The normalized spacial score (nSPS) is 13.3. The second-order valence-electron chi connectivity index (χ2n) is 7.40. The lowest BCUT2D eigenvalue weighted by Gasteiger charge is -2.14. The molecule has 2 heterocycles. The van der Waals surface area contributed by atoms with Crippen molar-refractivity contribution in [2.24, 2.45) is 0 Å². The van der Waals surface area contributed by atoms with Crippen LogP contribution in [-0.2, 0) is 19.3 Å². The van der Waals surface area contributed by atoms with Gasteiger partial charge >= 0.3 is 0 Å². The van der Waals surface area contributed by atoms with Crippen LogP contribution in [0.15, 0.2) is 54.6 Å². The van der Waals surface area contributed by atoms with Gasteiger partial charge in [-0.05, 0) is 48.9 Å². The number of nitrogens with zero attached hydrogens (tertiary/aromatic N) is 2. The van der Waals surface area contributed by atoms with Crippen LogP contribution in [0.2, 0.25) is 0 Å². The van der Waals surface area contributed by atoms with Gasteiger partial charge in [0.2, 0.25) is 0 Å². The van der Waals surface area contributed by atoms with Gasteiger partial charge in [-0.15, -0.1) is 11.3 Å². The van der Waals surface area contributed by atoms with Gasteiger partial charge in [0.1, 0.15) is 22.2 Å². The molecular weight excluding hydrogens is 378 g/mol. The summed E-state index contributed by atoms with van der Waals surface area (Å²) in [7, 11) is 1.69. The highest BCUT2D eigenvalue weighted by Crippen LogP contribution is 2.39. The van der Waals surface area contributed by atoms with Crippen molar-refractivity contribution >= 4 is 33.1 Å². The van der Waals surface area contributed by atoms with Gasteiger partial charge in [0.15, 0.2) is 0 Å². The number of hydrogen-bond donors (Lipinski definition) is 1. The number of aryl methyl sites for hydroxylation is 2. The van der Waals surface area contributed by atoms with Crippen LogP contribution < -0.4 is 10.1 Å². The Labute approximate surface area is 174 Å². The number of aromatic nitrogens is 2. The lowest BCUT2D eigenvalue weighted by molar-refractivity contribution is 0.415. The van der Waals surface area contributed by atoms with Crippen molar-refractivity contribution in [1.82, 2.24) is 9.97 Å². The second kappa shape index (κ2) is 7.84. The first-order valence-corrected chi connectivity index (χ1v) is 10.9. The van der Waals surface area contributed by atoms with Crippen molar-refractivity contribution in [1.29, 1.82) is 0 Å². The third-order valence-electron chi connectivity index (χ3n) is 5.40. The fourth-order valence-corrected chi connectivity index (χ4v) is 5.27. The van der Waals surface area contributed by atoms with Crippen molar-refractivity contribution in [3.8, 4) is 5.75 Å². The van der Waals surface area contributed by atoms with Crippen LogP contribution in [0.5, 0.6) is 5.75 Å². The van der Waals surface area contributed by atoms with Crippen molar-refractivity contribution < 1.29 is 4.74 Å². The maximum atomic E-state index is 5.39. The van der Waals surface area contributed by atoms with E-state index >= 15 is 0 Å². The molecule has 0 spiro atoms. The second-order valence-corrected chi connectivity index (χ2v) is 8.48. The number of anilines is 2. The summed E-state index contributed by atoms with van der Waals surface area (Å²) in [5.41, 5.74) is 3.64. The molecule has 146 valence electrons. The number of hydrogen-bond acceptors (Lipinski definition) is 5. The van der Waals surface area contributed by atoms with Gasteiger partial charge in [-0.1, -0.05) is 36.4 Å². The molecular formula is C24H23N3OS. The van der Waals surface area contributed by atoms with Crippen molar-refractivity contribution in [3.05, 3.63) is 76.4 Å². The van der Waals surface area contributed by atoms with Gasteiger partial charge in [0, 0.05) is 23.1 Å². The molecule has 2 aromatic heterocycles. The molecule has 5 rings (SSSR count). The van der Waals surface area contributed by atoms with E-state index in [1.165, 1.54) is 34.2 Å². The van der Waals surface area contributed by atoms with Crippen LogP contribution in [0.4, 0.5) is 11.5 Å². The smallest absolute Gasteiger partial charge is 0.143 e. The third-order valence-corrected chi connectivity index (χ3v) is 6.58. The molecule has 0 amide bonds. The lowest BCUT2D eigenvalue weighted by atomic mass is 9.97. The average Bonchev–Trinajstić information content (AvgIpc) is 3.13. The Morgan fingerprint density at radius 2 is 1.86 bits per heavy atom. The summed E-state index contributed by atoms with van der Waals surface area (Å²) in [6.45, 7) is 0. The summed E-state index contributed by atoms with van der Waals surface area (Å²) in [6.07, 6.45) is 5.50. The SMILES string of the molecule is COc1cccc(Nc2nc(Cc3ccccc3)nc3sc4c(c23)CCCC4)c1. The number of rotatable bonds is 5. The summed E-state index contributed by atoms with van der Waals surface area (Å²) in [5, 5.41) is 4.76. The predicted molar refractivity (Wildman–Crippen MR) is 120 cm³/mol. The Balaban J connectivity index is 1.61. The number of thiophene rings is 1. The molecule has 29 heavy (non-hydrogen) atoms. The van der Waals surface area contributed by atoms with E-state index in [1.54, 1.807) is 7.11 Å². The molecule has 0 aliphatic heterocycles. The van der Waals surface area contributed by atoms with Gasteiger partial charge in [-0.2, -0.15) is 0 Å². The molecule has 4 nitrogen and oxygen atoms in total. The Morgan fingerprint density at radius 1 is 1.00 bits per heavy atom. The topological polar surface area (TPSA) is 47.0 Å². The minimum Gasteiger partial charge on any atom is -0.497 e.